The van der Waals surface area contributed by atoms with Gasteiger partial charge in [-0.25, -0.2) is 9.97 Å². The number of hydrogen-bond acceptors (Lipinski definition) is 6. The molecule has 1 N–H and O–H groups in total. The average Bonchev–Trinajstić information content (AvgIpc) is 2.78. The van der Waals surface area contributed by atoms with Gasteiger partial charge >= 0.3 is 0 Å². The first-order valence-corrected chi connectivity index (χ1v) is 5.58. The van der Waals surface area contributed by atoms with Gasteiger partial charge in [0.1, 0.15) is 5.82 Å². The minimum Gasteiger partial charge on any atom is -0.481 e. The van der Waals surface area contributed by atoms with Gasteiger partial charge in [-0.15, -0.1) is 0 Å². The van der Waals surface area contributed by atoms with Crippen LogP contribution in [-0.2, 0) is 6.42 Å². The zero-order chi connectivity index (χ0) is 11.4. The van der Waals surface area contributed by atoms with Crippen molar-refractivity contribution in [3.8, 4) is 5.88 Å². The molecule has 2 heterocycles. The van der Waals surface area contributed by atoms with E-state index >= 15 is 0 Å². The molecule has 16 heavy (non-hydrogen) atoms. The van der Waals surface area contributed by atoms with E-state index in [4.69, 9.17) is 4.74 Å². The molecule has 6 heteroatoms. The normalized spacial score (nSPS) is 10.1. The number of hydrogen-bond donors (Lipinski definition) is 1. The maximum atomic E-state index is 4.99. The lowest BCUT2D eigenvalue weighted by atomic mass is 10.2. The van der Waals surface area contributed by atoms with Crippen LogP contribution in [-0.4, -0.2) is 28.5 Å². The predicted octanol–water partition coefficient (Wildman–Crippen LogP) is 1.57. The van der Waals surface area contributed by atoms with Crippen LogP contribution in [0.5, 0.6) is 5.88 Å². The Morgan fingerprint density at radius 3 is 2.88 bits per heavy atom. The SMILES string of the molecule is CNc1nc(Cc2ccc(OC)nc2)ns1. The monoisotopic (exact) mass is 236 g/mol. The van der Waals surface area contributed by atoms with E-state index in [1.807, 2.05) is 19.2 Å². The first kappa shape index (κ1) is 10.8. The van der Waals surface area contributed by atoms with E-state index in [0.717, 1.165) is 16.5 Å². The highest BCUT2D eigenvalue weighted by Crippen LogP contribution is 2.14. The number of aromatic nitrogens is 3. The summed E-state index contributed by atoms with van der Waals surface area (Å²) < 4.78 is 9.22. The van der Waals surface area contributed by atoms with E-state index in [2.05, 4.69) is 19.7 Å². The van der Waals surface area contributed by atoms with Crippen LogP contribution in [0.25, 0.3) is 0 Å². The van der Waals surface area contributed by atoms with Crippen LogP contribution in [0.2, 0.25) is 0 Å². The molecule has 2 aromatic rings. The Labute approximate surface area is 97.7 Å². The van der Waals surface area contributed by atoms with E-state index in [1.54, 1.807) is 13.3 Å². The summed E-state index contributed by atoms with van der Waals surface area (Å²) >= 11 is 1.36. The van der Waals surface area contributed by atoms with E-state index in [9.17, 15) is 0 Å². The molecule has 0 amide bonds. The van der Waals surface area contributed by atoms with Gasteiger partial charge in [0.15, 0.2) is 0 Å². The van der Waals surface area contributed by atoms with Gasteiger partial charge in [-0.3, -0.25) is 0 Å². The van der Waals surface area contributed by atoms with Crippen molar-refractivity contribution in [2.24, 2.45) is 0 Å². The second kappa shape index (κ2) is 4.89. The third kappa shape index (κ3) is 2.46. The van der Waals surface area contributed by atoms with Crippen molar-refractivity contribution in [3.05, 3.63) is 29.7 Å². The van der Waals surface area contributed by atoms with Gasteiger partial charge in [-0.05, 0) is 5.56 Å². The molecule has 2 aromatic heterocycles. The standard InChI is InChI=1S/C10H12N4OS/c1-11-10-13-8(14-16-10)5-7-3-4-9(15-2)12-6-7/h3-4,6H,5H2,1-2H3,(H,11,13,14). The van der Waals surface area contributed by atoms with Crippen molar-refractivity contribution in [1.82, 2.24) is 14.3 Å². The van der Waals surface area contributed by atoms with Crippen LogP contribution in [0, 0.1) is 0 Å². The van der Waals surface area contributed by atoms with E-state index in [-0.39, 0.29) is 0 Å². The van der Waals surface area contributed by atoms with Crippen molar-refractivity contribution in [3.63, 3.8) is 0 Å². The Kier molecular flexibility index (Phi) is 3.31. The summed E-state index contributed by atoms with van der Waals surface area (Å²) in [7, 11) is 3.43. The minimum atomic E-state index is 0.617. The molecule has 84 valence electrons. The molecule has 2 rings (SSSR count). The third-order valence-electron chi connectivity index (χ3n) is 2.05. The van der Waals surface area contributed by atoms with Crippen molar-refractivity contribution in [2.75, 3.05) is 19.5 Å². The Hall–Kier alpha value is -1.69. The number of ether oxygens (including phenoxy) is 1. The lowest BCUT2D eigenvalue weighted by molar-refractivity contribution is 0.397. The summed E-state index contributed by atoms with van der Waals surface area (Å²) in [5.41, 5.74) is 1.07. The first-order chi connectivity index (χ1) is 7.81. The number of anilines is 1. The third-order valence-corrected chi connectivity index (χ3v) is 2.82. The van der Waals surface area contributed by atoms with Gasteiger partial charge in [0.25, 0.3) is 0 Å². The predicted molar refractivity (Wildman–Crippen MR) is 63.1 cm³/mol. The highest BCUT2D eigenvalue weighted by atomic mass is 32.1. The van der Waals surface area contributed by atoms with E-state index < -0.39 is 0 Å². The fraction of sp³-hybridized carbons (Fsp3) is 0.300. The number of pyridine rings is 1. The fourth-order valence-corrected chi connectivity index (χ4v) is 1.78. The Morgan fingerprint density at radius 1 is 1.44 bits per heavy atom. The van der Waals surface area contributed by atoms with Crippen molar-refractivity contribution >= 4 is 16.7 Å². The van der Waals surface area contributed by atoms with Gasteiger partial charge in [0.2, 0.25) is 11.0 Å². The quantitative estimate of drug-likeness (QED) is 0.873. The summed E-state index contributed by atoms with van der Waals surface area (Å²) in [4.78, 5) is 8.43. The topological polar surface area (TPSA) is 59.9 Å². The zero-order valence-corrected chi connectivity index (χ0v) is 9.91. The van der Waals surface area contributed by atoms with Crippen LogP contribution < -0.4 is 10.1 Å². The van der Waals surface area contributed by atoms with Gasteiger partial charge < -0.3 is 10.1 Å². The Morgan fingerprint density at radius 2 is 2.31 bits per heavy atom. The zero-order valence-electron chi connectivity index (χ0n) is 9.10. The smallest absolute Gasteiger partial charge is 0.212 e. The van der Waals surface area contributed by atoms with Crippen LogP contribution in [0.1, 0.15) is 11.4 Å². The molecule has 0 bridgehead atoms. The molecule has 0 aliphatic rings. The van der Waals surface area contributed by atoms with Gasteiger partial charge in [0, 0.05) is 37.3 Å². The molecule has 0 unspecified atom stereocenters. The van der Waals surface area contributed by atoms with Crippen LogP contribution in [0.3, 0.4) is 0 Å². The van der Waals surface area contributed by atoms with Crippen molar-refractivity contribution in [2.45, 2.75) is 6.42 Å². The molecule has 0 saturated carbocycles. The largest absolute Gasteiger partial charge is 0.481 e. The summed E-state index contributed by atoms with van der Waals surface area (Å²) in [6.45, 7) is 0. The number of nitrogens with zero attached hydrogens (tertiary/aromatic N) is 3. The molecule has 0 fully saturated rings. The second-order valence-corrected chi connectivity index (χ2v) is 3.90. The molecule has 0 atom stereocenters. The molecule has 0 saturated heterocycles. The Bertz CT molecular complexity index is 454. The highest BCUT2D eigenvalue weighted by Gasteiger charge is 2.04. The lowest BCUT2D eigenvalue weighted by Crippen LogP contribution is -1.94. The summed E-state index contributed by atoms with van der Waals surface area (Å²) in [6.07, 6.45) is 2.47. The Balaban J connectivity index is 2.08. The van der Waals surface area contributed by atoms with Crippen molar-refractivity contribution < 1.29 is 4.74 Å². The highest BCUT2D eigenvalue weighted by molar-refractivity contribution is 7.09. The van der Waals surface area contributed by atoms with Crippen LogP contribution >= 0.6 is 11.5 Å². The average molecular weight is 236 g/mol. The summed E-state index contributed by atoms with van der Waals surface area (Å²) in [6, 6.07) is 3.80. The lowest BCUT2D eigenvalue weighted by Gasteiger charge is -1.99. The second-order valence-electron chi connectivity index (χ2n) is 3.15. The van der Waals surface area contributed by atoms with Crippen LogP contribution in [0.4, 0.5) is 5.13 Å². The maximum absolute atomic E-state index is 4.99. The molecular formula is C10H12N4OS. The molecule has 0 radical (unpaired) electrons. The molecule has 0 aliphatic heterocycles. The molecule has 0 aliphatic carbocycles. The number of methoxy groups -OCH3 is 1. The maximum Gasteiger partial charge on any atom is 0.212 e. The number of nitrogens with one attached hydrogen (secondary N) is 1. The number of rotatable bonds is 4. The fourth-order valence-electron chi connectivity index (χ4n) is 1.25. The van der Waals surface area contributed by atoms with E-state index in [0.29, 0.717) is 12.3 Å². The van der Waals surface area contributed by atoms with E-state index in [1.165, 1.54) is 11.5 Å². The van der Waals surface area contributed by atoms with Gasteiger partial charge in [-0.1, -0.05) is 6.07 Å². The molecule has 0 spiro atoms. The minimum absolute atomic E-state index is 0.617. The van der Waals surface area contributed by atoms with Crippen molar-refractivity contribution in [1.29, 1.82) is 0 Å². The summed E-state index contributed by atoms with van der Waals surface area (Å²) in [5, 5.41) is 3.79. The summed E-state index contributed by atoms with van der Waals surface area (Å²) in [5.74, 6) is 1.42. The van der Waals surface area contributed by atoms with Gasteiger partial charge in [0.05, 0.1) is 7.11 Å². The molecular weight excluding hydrogens is 224 g/mol. The van der Waals surface area contributed by atoms with Gasteiger partial charge in [-0.2, -0.15) is 4.37 Å². The first-order valence-electron chi connectivity index (χ1n) is 4.81. The molecule has 5 nitrogen and oxygen atoms in total. The van der Waals surface area contributed by atoms with Crippen LogP contribution in [0.15, 0.2) is 18.3 Å². The molecule has 0 aromatic carbocycles.